The van der Waals surface area contributed by atoms with Gasteiger partial charge in [-0.05, 0) is 12.8 Å². The number of esters is 3. The molecule has 47 heavy (non-hydrogen) atoms. The van der Waals surface area contributed by atoms with Crippen LogP contribution in [0.4, 0.5) is 0 Å². The van der Waals surface area contributed by atoms with Gasteiger partial charge in [-0.15, -0.1) is 0 Å². The second-order valence-corrected chi connectivity index (χ2v) is 13.7. The molecular formula is C40H74O7. The maximum atomic E-state index is 12.0. The first kappa shape index (κ1) is 45.2. The highest BCUT2D eigenvalue weighted by Gasteiger charge is 2.24. The normalized spacial score (nSPS) is 11.8. The van der Waals surface area contributed by atoms with Crippen molar-refractivity contribution in [2.45, 2.75) is 232 Å². The summed E-state index contributed by atoms with van der Waals surface area (Å²) in [5.74, 6) is -3.73. The van der Waals surface area contributed by atoms with E-state index in [4.69, 9.17) is 4.74 Å². The Morgan fingerprint density at radius 1 is 0.426 bits per heavy atom. The van der Waals surface area contributed by atoms with Crippen LogP contribution in [0.3, 0.4) is 0 Å². The minimum absolute atomic E-state index is 0.0775. The second-order valence-electron chi connectivity index (χ2n) is 13.7. The number of Topliss-reactive ketones (excluding diaryl/α,β-unsaturated/α-hetero) is 1. The molecule has 0 radical (unpaired) electrons. The Morgan fingerprint density at radius 3 is 1.02 bits per heavy atom. The zero-order valence-corrected chi connectivity index (χ0v) is 30.8. The van der Waals surface area contributed by atoms with Crippen LogP contribution < -0.4 is 0 Å². The first-order valence-electron chi connectivity index (χ1n) is 20.1. The quantitative estimate of drug-likeness (QED) is 0.0233. The van der Waals surface area contributed by atoms with Crippen molar-refractivity contribution in [2.24, 2.45) is 0 Å². The van der Waals surface area contributed by atoms with Gasteiger partial charge < -0.3 is 14.6 Å². The molecule has 0 heterocycles. The Morgan fingerprint density at radius 2 is 0.702 bits per heavy atom. The molecule has 0 rings (SSSR count). The van der Waals surface area contributed by atoms with E-state index in [1.165, 1.54) is 141 Å². The third kappa shape index (κ3) is 33.9. The van der Waals surface area contributed by atoms with E-state index in [0.29, 0.717) is 12.8 Å². The van der Waals surface area contributed by atoms with E-state index in [1.807, 2.05) is 0 Å². The van der Waals surface area contributed by atoms with Crippen LogP contribution in [0.15, 0.2) is 0 Å². The van der Waals surface area contributed by atoms with Crippen molar-refractivity contribution in [1.29, 1.82) is 0 Å². The zero-order chi connectivity index (χ0) is 34.6. The van der Waals surface area contributed by atoms with Gasteiger partial charge in [-0.2, -0.15) is 0 Å². The topological polar surface area (TPSA) is 107 Å². The predicted molar refractivity (Wildman–Crippen MR) is 192 cm³/mol. The minimum Gasteiger partial charge on any atom is -0.435 e. The van der Waals surface area contributed by atoms with E-state index in [0.717, 1.165) is 38.5 Å². The standard InChI is InChI=1S/C40H74O7/c1-3-5-7-9-11-13-15-17-19-21-23-25-27-29-31-33-37(42)46-39(44)35-36(41)40(45)47-38(43)34-32-30-28-26-24-22-20-18-16-14-12-10-8-6-4-2/h39,44H,3-35H2,1-2H3. The lowest BCUT2D eigenvalue weighted by Gasteiger charge is -2.11. The van der Waals surface area contributed by atoms with Crippen LogP contribution in [0, 0.1) is 0 Å². The van der Waals surface area contributed by atoms with Gasteiger partial charge >= 0.3 is 17.9 Å². The highest BCUT2D eigenvalue weighted by molar-refractivity contribution is 6.35. The number of hydrogen-bond acceptors (Lipinski definition) is 7. The average molecular weight is 667 g/mol. The van der Waals surface area contributed by atoms with Gasteiger partial charge in [0.25, 0.3) is 0 Å². The van der Waals surface area contributed by atoms with E-state index in [-0.39, 0.29) is 12.8 Å². The van der Waals surface area contributed by atoms with Crippen molar-refractivity contribution in [3.63, 3.8) is 0 Å². The average Bonchev–Trinajstić information content (AvgIpc) is 3.04. The third-order valence-corrected chi connectivity index (χ3v) is 9.03. The van der Waals surface area contributed by atoms with Crippen molar-refractivity contribution in [3.8, 4) is 0 Å². The Hall–Kier alpha value is -1.76. The molecule has 0 aliphatic rings. The molecule has 1 atom stereocenters. The smallest absolute Gasteiger partial charge is 0.382 e. The summed E-state index contributed by atoms with van der Waals surface area (Å²) in [4.78, 5) is 47.8. The number of hydrogen-bond donors (Lipinski definition) is 1. The van der Waals surface area contributed by atoms with Crippen molar-refractivity contribution in [1.82, 2.24) is 0 Å². The fraction of sp³-hybridized carbons (Fsp3) is 0.900. The molecule has 0 aliphatic carbocycles. The van der Waals surface area contributed by atoms with Gasteiger partial charge in [0.05, 0.1) is 6.42 Å². The summed E-state index contributed by atoms with van der Waals surface area (Å²) in [7, 11) is 0. The lowest BCUT2D eigenvalue weighted by Crippen LogP contribution is -2.27. The van der Waals surface area contributed by atoms with Gasteiger partial charge in [-0.3, -0.25) is 14.4 Å². The van der Waals surface area contributed by atoms with Gasteiger partial charge in [-0.25, -0.2) is 4.79 Å². The van der Waals surface area contributed by atoms with Gasteiger partial charge in [0.1, 0.15) is 0 Å². The van der Waals surface area contributed by atoms with Crippen molar-refractivity contribution in [3.05, 3.63) is 0 Å². The maximum Gasteiger partial charge on any atom is 0.382 e. The monoisotopic (exact) mass is 667 g/mol. The van der Waals surface area contributed by atoms with Crippen LogP contribution in [-0.2, 0) is 28.7 Å². The molecule has 0 aromatic carbocycles. The Labute approximate surface area is 289 Å². The largest absolute Gasteiger partial charge is 0.435 e. The lowest BCUT2D eigenvalue weighted by atomic mass is 10.0. The summed E-state index contributed by atoms with van der Waals surface area (Å²) in [6, 6.07) is 0. The number of carbonyl (C=O) groups is 4. The molecule has 0 spiro atoms. The summed E-state index contributed by atoms with van der Waals surface area (Å²) in [5, 5.41) is 9.89. The summed E-state index contributed by atoms with van der Waals surface area (Å²) in [5.41, 5.74) is 0. The molecule has 0 bridgehead atoms. The molecule has 0 saturated carbocycles. The first-order chi connectivity index (χ1) is 22.9. The number of ether oxygens (including phenoxy) is 2. The van der Waals surface area contributed by atoms with E-state index < -0.39 is 36.4 Å². The summed E-state index contributed by atoms with van der Waals surface area (Å²) < 4.78 is 9.48. The molecule has 1 N–H and O–H groups in total. The molecular weight excluding hydrogens is 592 g/mol. The molecule has 0 amide bonds. The van der Waals surface area contributed by atoms with Gasteiger partial charge in [0.15, 0.2) is 0 Å². The number of ketones is 1. The van der Waals surface area contributed by atoms with E-state index in [9.17, 15) is 24.3 Å². The summed E-state index contributed by atoms with van der Waals surface area (Å²) >= 11 is 0. The fourth-order valence-electron chi connectivity index (χ4n) is 5.99. The maximum absolute atomic E-state index is 12.0. The summed E-state index contributed by atoms with van der Waals surface area (Å²) in [6.07, 6.45) is 34.5. The minimum atomic E-state index is -1.72. The number of rotatable bonds is 36. The molecule has 1 unspecified atom stereocenters. The van der Waals surface area contributed by atoms with Gasteiger partial charge in [0, 0.05) is 12.8 Å². The fourth-order valence-corrected chi connectivity index (χ4v) is 5.99. The highest BCUT2D eigenvalue weighted by atomic mass is 16.6. The second kappa shape index (κ2) is 35.5. The predicted octanol–water partition coefficient (Wildman–Crippen LogP) is 11.4. The number of aliphatic hydroxyl groups is 1. The van der Waals surface area contributed by atoms with Crippen molar-refractivity contribution >= 4 is 23.7 Å². The lowest BCUT2D eigenvalue weighted by molar-refractivity contribution is -0.175. The van der Waals surface area contributed by atoms with Crippen LogP contribution in [0.1, 0.15) is 226 Å². The first-order valence-corrected chi connectivity index (χ1v) is 20.1. The van der Waals surface area contributed by atoms with Crippen LogP contribution in [0.25, 0.3) is 0 Å². The van der Waals surface area contributed by atoms with E-state index in [1.54, 1.807) is 0 Å². The van der Waals surface area contributed by atoms with Crippen LogP contribution in [-0.4, -0.2) is 35.1 Å². The van der Waals surface area contributed by atoms with Crippen LogP contribution >= 0.6 is 0 Å². The molecule has 0 aromatic heterocycles. The van der Waals surface area contributed by atoms with E-state index >= 15 is 0 Å². The van der Waals surface area contributed by atoms with Crippen molar-refractivity contribution < 1.29 is 33.8 Å². The molecule has 276 valence electrons. The third-order valence-electron chi connectivity index (χ3n) is 9.03. The molecule has 0 aromatic rings. The summed E-state index contributed by atoms with van der Waals surface area (Å²) in [6.45, 7) is 4.50. The van der Waals surface area contributed by atoms with Crippen LogP contribution in [0.5, 0.6) is 0 Å². The number of unbranched alkanes of at least 4 members (excludes halogenated alkanes) is 28. The molecule has 7 nitrogen and oxygen atoms in total. The van der Waals surface area contributed by atoms with Gasteiger partial charge in [-0.1, -0.05) is 194 Å². The number of aliphatic hydroxyl groups excluding tert-OH is 1. The SMILES string of the molecule is CCCCCCCCCCCCCCCCCC(=O)OC(=O)C(=O)CC(O)OC(=O)CCCCCCCCCCCCCCCCC. The van der Waals surface area contributed by atoms with Gasteiger partial charge in [0.2, 0.25) is 12.1 Å². The number of carbonyl (C=O) groups excluding carboxylic acids is 4. The molecule has 0 aliphatic heterocycles. The van der Waals surface area contributed by atoms with E-state index in [2.05, 4.69) is 18.6 Å². The molecule has 7 heteroatoms. The van der Waals surface area contributed by atoms with Crippen molar-refractivity contribution in [2.75, 3.05) is 0 Å². The molecule has 0 fully saturated rings. The molecule has 0 saturated heterocycles. The van der Waals surface area contributed by atoms with Crippen LogP contribution in [0.2, 0.25) is 0 Å². The Balaban J connectivity index is 3.62. The zero-order valence-electron chi connectivity index (χ0n) is 30.8. The Bertz CT molecular complexity index is 751. The highest BCUT2D eigenvalue weighted by Crippen LogP contribution is 2.16. The Kier molecular flexibility index (Phi) is 34.2.